The van der Waals surface area contributed by atoms with Crippen LogP contribution in [-0.2, 0) is 9.31 Å². The summed E-state index contributed by atoms with van der Waals surface area (Å²) in [6, 6.07) is 0. The van der Waals surface area contributed by atoms with Crippen LogP contribution >= 0.6 is 0 Å². The van der Waals surface area contributed by atoms with Gasteiger partial charge in [-0.1, -0.05) is 0 Å². The molecule has 2 fully saturated rings. The maximum absolute atomic E-state index is 6.06. The van der Waals surface area contributed by atoms with Crippen molar-refractivity contribution in [1.29, 1.82) is 0 Å². The first-order chi connectivity index (χ1) is 12.3. The molecule has 144 valence electrons. The van der Waals surface area contributed by atoms with Crippen LogP contribution in [-0.4, -0.2) is 61.0 Å². The SMILES string of the molecule is CC1(C)OB(c2cnc(N3CCC(CNCCN)CC3)nc2)OC1(C)C. The molecule has 0 saturated carbocycles. The lowest BCUT2D eigenvalue weighted by Gasteiger charge is -2.32. The summed E-state index contributed by atoms with van der Waals surface area (Å²) in [7, 11) is -0.409. The van der Waals surface area contributed by atoms with Crippen molar-refractivity contribution in [3.8, 4) is 0 Å². The Morgan fingerprint density at radius 3 is 2.27 bits per heavy atom. The number of rotatable bonds is 6. The highest BCUT2D eigenvalue weighted by molar-refractivity contribution is 6.61. The van der Waals surface area contributed by atoms with Crippen LogP contribution in [0, 0.1) is 5.92 Å². The van der Waals surface area contributed by atoms with E-state index in [0.717, 1.165) is 50.4 Å². The molecule has 2 aliphatic rings. The Balaban J connectivity index is 1.54. The first-order valence-electron chi connectivity index (χ1n) is 9.66. The minimum atomic E-state index is -0.409. The molecular weight excluding hydrogens is 329 g/mol. The number of nitrogens with two attached hydrogens (primary N) is 1. The average molecular weight is 361 g/mol. The van der Waals surface area contributed by atoms with Crippen LogP contribution in [0.15, 0.2) is 12.4 Å². The zero-order valence-corrected chi connectivity index (χ0v) is 16.5. The van der Waals surface area contributed by atoms with Gasteiger partial charge in [0.1, 0.15) is 0 Å². The highest BCUT2D eigenvalue weighted by Gasteiger charge is 2.52. The second kappa shape index (κ2) is 7.80. The fourth-order valence-corrected chi connectivity index (χ4v) is 3.34. The normalized spacial score (nSPS) is 22.8. The second-order valence-corrected chi connectivity index (χ2v) is 8.33. The first-order valence-corrected chi connectivity index (χ1v) is 9.66. The quantitative estimate of drug-likeness (QED) is 0.565. The molecule has 3 rings (SSSR count). The number of anilines is 1. The van der Waals surface area contributed by atoms with E-state index in [0.29, 0.717) is 12.5 Å². The highest BCUT2D eigenvalue weighted by atomic mass is 16.7. The van der Waals surface area contributed by atoms with Crippen LogP contribution in [0.5, 0.6) is 0 Å². The molecule has 0 amide bonds. The predicted molar refractivity (Wildman–Crippen MR) is 105 cm³/mol. The highest BCUT2D eigenvalue weighted by Crippen LogP contribution is 2.36. The minimum absolute atomic E-state index is 0.351. The van der Waals surface area contributed by atoms with Gasteiger partial charge in [-0.25, -0.2) is 9.97 Å². The topological polar surface area (TPSA) is 85.5 Å². The summed E-state index contributed by atoms with van der Waals surface area (Å²) in [5.41, 5.74) is 5.69. The average Bonchev–Trinajstić information content (AvgIpc) is 2.84. The fourth-order valence-electron chi connectivity index (χ4n) is 3.34. The third-order valence-electron chi connectivity index (χ3n) is 5.84. The summed E-state index contributed by atoms with van der Waals surface area (Å²) in [5, 5.41) is 3.41. The Hall–Kier alpha value is -1.22. The molecule has 0 aliphatic carbocycles. The summed E-state index contributed by atoms with van der Waals surface area (Å²) in [4.78, 5) is 11.4. The van der Waals surface area contributed by atoms with Gasteiger partial charge < -0.3 is 25.3 Å². The van der Waals surface area contributed by atoms with E-state index in [9.17, 15) is 0 Å². The van der Waals surface area contributed by atoms with E-state index in [1.54, 1.807) is 0 Å². The molecule has 0 spiro atoms. The molecule has 0 atom stereocenters. The molecule has 3 N–H and O–H groups in total. The molecule has 1 aromatic heterocycles. The number of piperidine rings is 1. The van der Waals surface area contributed by atoms with Gasteiger partial charge in [-0.3, -0.25) is 0 Å². The van der Waals surface area contributed by atoms with Crippen molar-refractivity contribution in [2.45, 2.75) is 51.7 Å². The monoisotopic (exact) mass is 361 g/mol. The van der Waals surface area contributed by atoms with Gasteiger partial charge in [0.25, 0.3) is 0 Å². The lowest BCUT2D eigenvalue weighted by molar-refractivity contribution is 0.00578. The van der Waals surface area contributed by atoms with Gasteiger partial charge in [0.05, 0.1) is 11.2 Å². The fraction of sp³-hybridized carbons (Fsp3) is 0.778. The van der Waals surface area contributed by atoms with Gasteiger partial charge in [-0.15, -0.1) is 0 Å². The molecule has 7 nitrogen and oxygen atoms in total. The maximum Gasteiger partial charge on any atom is 0.498 e. The number of hydrogen-bond donors (Lipinski definition) is 2. The van der Waals surface area contributed by atoms with Gasteiger partial charge >= 0.3 is 7.12 Å². The molecule has 2 aliphatic heterocycles. The van der Waals surface area contributed by atoms with Crippen LogP contribution in [0.3, 0.4) is 0 Å². The third-order valence-corrected chi connectivity index (χ3v) is 5.84. The zero-order chi connectivity index (χ0) is 18.8. The first kappa shape index (κ1) is 19.5. The standard InChI is InChI=1S/C18H32BN5O2/c1-17(2)18(3,4)26-19(25-17)15-12-22-16(23-13-15)24-9-5-14(6-10-24)11-21-8-7-20/h12-14,21H,5-11,20H2,1-4H3. The summed E-state index contributed by atoms with van der Waals surface area (Å²) in [5.74, 6) is 1.50. The molecule has 8 heteroatoms. The van der Waals surface area contributed by atoms with Gasteiger partial charge in [0.2, 0.25) is 5.95 Å². The van der Waals surface area contributed by atoms with Crippen LogP contribution in [0.1, 0.15) is 40.5 Å². The van der Waals surface area contributed by atoms with Gasteiger partial charge in [-0.05, 0) is 53.0 Å². The molecule has 26 heavy (non-hydrogen) atoms. The van der Waals surface area contributed by atoms with Crippen LogP contribution in [0.2, 0.25) is 0 Å². The van der Waals surface area contributed by atoms with Crippen molar-refractivity contribution >= 4 is 18.5 Å². The lowest BCUT2D eigenvalue weighted by Crippen LogP contribution is -2.41. The largest absolute Gasteiger partial charge is 0.498 e. The van der Waals surface area contributed by atoms with E-state index in [2.05, 4.69) is 47.9 Å². The Morgan fingerprint density at radius 2 is 1.73 bits per heavy atom. The molecule has 0 aromatic carbocycles. The summed E-state index contributed by atoms with van der Waals surface area (Å²) in [6.07, 6.45) is 5.97. The van der Waals surface area contributed by atoms with Crippen molar-refractivity contribution in [2.75, 3.05) is 37.6 Å². The van der Waals surface area contributed by atoms with Crippen LogP contribution < -0.4 is 21.4 Å². The smallest absolute Gasteiger partial charge is 0.399 e. The Morgan fingerprint density at radius 1 is 1.15 bits per heavy atom. The number of nitrogens with zero attached hydrogens (tertiary/aromatic N) is 3. The van der Waals surface area contributed by atoms with Crippen molar-refractivity contribution in [3.63, 3.8) is 0 Å². The van der Waals surface area contributed by atoms with Crippen molar-refractivity contribution in [3.05, 3.63) is 12.4 Å². The second-order valence-electron chi connectivity index (χ2n) is 8.33. The molecular formula is C18H32BN5O2. The van der Waals surface area contributed by atoms with E-state index in [4.69, 9.17) is 15.0 Å². The van der Waals surface area contributed by atoms with Crippen LogP contribution in [0.25, 0.3) is 0 Å². The maximum atomic E-state index is 6.06. The van der Waals surface area contributed by atoms with Crippen LogP contribution in [0.4, 0.5) is 5.95 Å². The molecule has 0 radical (unpaired) electrons. The van der Waals surface area contributed by atoms with Crippen molar-refractivity contribution in [1.82, 2.24) is 15.3 Å². The minimum Gasteiger partial charge on any atom is -0.399 e. The Bertz CT molecular complexity index is 572. The zero-order valence-electron chi connectivity index (χ0n) is 16.5. The van der Waals surface area contributed by atoms with Crippen molar-refractivity contribution in [2.24, 2.45) is 11.7 Å². The van der Waals surface area contributed by atoms with E-state index in [-0.39, 0.29) is 11.2 Å². The predicted octanol–water partition coefficient (Wildman–Crippen LogP) is 0.541. The van der Waals surface area contributed by atoms with E-state index in [1.165, 1.54) is 0 Å². The van der Waals surface area contributed by atoms with Gasteiger partial charge in [-0.2, -0.15) is 0 Å². The molecule has 3 heterocycles. The van der Waals surface area contributed by atoms with E-state index < -0.39 is 7.12 Å². The number of hydrogen-bond acceptors (Lipinski definition) is 7. The number of aromatic nitrogens is 2. The summed E-state index contributed by atoms with van der Waals surface area (Å²) >= 11 is 0. The molecule has 0 unspecified atom stereocenters. The Kier molecular flexibility index (Phi) is 5.86. The number of nitrogens with one attached hydrogen (secondary N) is 1. The summed E-state index contributed by atoms with van der Waals surface area (Å²) in [6.45, 7) is 12.8. The van der Waals surface area contributed by atoms with Gasteiger partial charge in [0, 0.05) is 44.0 Å². The third kappa shape index (κ3) is 4.19. The lowest BCUT2D eigenvalue weighted by atomic mass is 9.81. The molecule has 1 aromatic rings. The molecule has 0 bridgehead atoms. The summed E-state index contributed by atoms with van der Waals surface area (Å²) < 4.78 is 12.1. The van der Waals surface area contributed by atoms with E-state index in [1.807, 2.05) is 12.4 Å². The Labute approximate surface area is 157 Å². The molecule has 2 saturated heterocycles. The van der Waals surface area contributed by atoms with E-state index >= 15 is 0 Å². The van der Waals surface area contributed by atoms with Gasteiger partial charge in [0.15, 0.2) is 0 Å². The van der Waals surface area contributed by atoms with Crippen molar-refractivity contribution < 1.29 is 9.31 Å².